The molecule has 0 atom stereocenters. The first-order valence-electron chi connectivity index (χ1n) is 9.65. The summed E-state index contributed by atoms with van der Waals surface area (Å²) in [4.78, 5) is 35.2. The Morgan fingerprint density at radius 2 is 1.72 bits per heavy atom. The normalized spacial score (nSPS) is 15.2. The highest BCUT2D eigenvalue weighted by Gasteiger charge is 2.26. The number of likely N-dealkylation sites (N-methyl/N-ethyl adjacent to an activating group) is 1. The molecular weight excluding hydrogens is 398 g/mol. The third-order valence-electron chi connectivity index (χ3n) is 4.43. The number of rotatable bonds is 8. The lowest BCUT2D eigenvalue weighted by atomic mass is 10.2. The number of sulfonamides is 1. The van der Waals surface area contributed by atoms with Crippen molar-refractivity contribution in [3.63, 3.8) is 0 Å². The Morgan fingerprint density at radius 1 is 1.03 bits per heavy atom. The SMILES string of the molecule is CCNC(=O)CNC(=O)COC(=O)c1cccc(S(=O)(=O)N2CCCCCC2)c1. The molecule has 1 aliphatic rings. The number of amides is 2. The van der Waals surface area contributed by atoms with Crippen molar-refractivity contribution in [1.29, 1.82) is 0 Å². The van der Waals surface area contributed by atoms with Gasteiger partial charge >= 0.3 is 5.97 Å². The van der Waals surface area contributed by atoms with Gasteiger partial charge in [-0.2, -0.15) is 4.31 Å². The molecule has 1 aromatic carbocycles. The van der Waals surface area contributed by atoms with Crippen LogP contribution in [0.5, 0.6) is 0 Å². The predicted molar refractivity (Wildman–Crippen MR) is 106 cm³/mol. The van der Waals surface area contributed by atoms with Crippen molar-refractivity contribution in [3.8, 4) is 0 Å². The molecule has 0 bridgehead atoms. The molecule has 1 fully saturated rings. The molecule has 2 amide bonds. The van der Waals surface area contributed by atoms with Crippen molar-refractivity contribution in [2.24, 2.45) is 0 Å². The van der Waals surface area contributed by atoms with Crippen LogP contribution in [0, 0.1) is 0 Å². The number of carbonyl (C=O) groups is 3. The van der Waals surface area contributed by atoms with E-state index in [9.17, 15) is 22.8 Å². The van der Waals surface area contributed by atoms with Crippen LogP contribution in [0.15, 0.2) is 29.2 Å². The van der Waals surface area contributed by atoms with E-state index in [0.717, 1.165) is 25.7 Å². The number of hydrogen-bond acceptors (Lipinski definition) is 6. The van der Waals surface area contributed by atoms with Crippen LogP contribution in [0.4, 0.5) is 0 Å². The summed E-state index contributed by atoms with van der Waals surface area (Å²) >= 11 is 0. The zero-order chi connectivity index (χ0) is 21.3. The van der Waals surface area contributed by atoms with E-state index in [4.69, 9.17) is 4.74 Å². The van der Waals surface area contributed by atoms with E-state index in [2.05, 4.69) is 10.6 Å². The van der Waals surface area contributed by atoms with E-state index < -0.39 is 28.5 Å². The standard InChI is InChI=1S/C19H27N3O6S/c1-2-20-17(23)13-21-18(24)14-28-19(25)15-8-7-9-16(12-15)29(26,27)22-10-5-3-4-6-11-22/h7-9,12H,2-6,10-11,13-14H2,1H3,(H,20,23)(H,21,24). The lowest BCUT2D eigenvalue weighted by molar-refractivity contribution is -0.127. The maximum absolute atomic E-state index is 12.9. The quantitative estimate of drug-likeness (QED) is 0.590. The van der Waals surface area contributed by atoms with Crippen molar-refractivity contribution in [3.05, 3.63) is 29.8 Å². The monoisotopic (exact) mass is 425 g/mol. The van der Waals surface area contributed by atoms with Crippen molar-refractivity contribution >= 4 is 27.8 Å². The van der Waals surface area contributed by atoms with Crippen molar-refractivity contribution in [2.45, 2.75) is 37.5 Å². The molecule has 10 heteroatoms. The number of benzene rings is 1. The van der Waals surface area contributed by atoms with Gasteiger partial charge in [0.2, 0.25) is 15.9 Å². The van der Waals surface area contributed by atoms with Gasteiger partial charge in [-0.05, 0) is 38.0 Å². The zero-order valence-corrected chi connectivity index (χ0v) is 17.3. The van der Waals surface area contributed by atoms with E-state index in [1.165, 1.54) is 28.6 Å². The molecule has 0 spiro atoms. The summed E-state index contributed by atoms with van der Waals surface area (Å²) in [5.41, 5.74) is 0.0393. The third-order valence-corrected chi connectivity index (χ3v) is 6.32. The Bertz CT molecular complexity index is 832. The summed E-state index contributed by atoms with van der Waals surface area (Å²) in [5.74, 6) is -1.79. The average molecular weight is 426 g/mol. The fourth-order valence-electron chi connectivity index (χ4n) is 2.92. The molecule has 1 heterocycles. The summed E-state index contributed by atoms with van der Waals surface area (Å²) in [6, 6.07) is 5.60. The van der Waals surface area contributed by atoms with Crippen LogP contribution in [0.2, 0.25) is 0 Å². The van der Waals surface area contributed by atoms with Gasteiger partial charge in [-0.3, -0.25) is 9.59 Å². The molecular formula is C19H27N3O6S. The van der Waals surface area contributed by atoms with Crippen LogP contribution in [0.3, 0.4) is 0 Å². The average Bonchev–Trinajstić information content (AvgIpc) is 3.01. The highest BCUT2D eigenvalue weighted by atomic mass is 32.2. The maximum atomic E-state index is 12.9. The van der Waals surface area contributed by atoms with Gasteiger partial charge in [0.15, 0.2) is 6.61 Å². The van der Waals surface area contributed by atoms with E-state index in [1.807, 2.05) is 0 Å². The minimum absolute atomic E-state index is 0.0227. The number of esters is 1. The molecule has 2 N–H and O–H groups in total. The molecule has 160 valence electrons. The molecule has 2 rings (SSSR count). The van der Waals surface area contributed by atoms with Crippen LogP contribution in [0.1, 0.15) is 43.0 Å². The molecule has 1 aliphatic heterocycles. The van der Waals surface area contributed by atoms with E-state index in [1.54, 1.807) is 6.92 Å². The second kappa shape index (κ2) is 10.9. The van der Waals surface area contributed by atoms with Crippen molar-refractivity contribution in [1.82, 2.24) is 14.9 Å². The summed E-state index contributed by atoms with van der Waals surface area (Å²) in [5, 5.41) is 4.85. The number of carbonyl (C=O) groups excluding carboxylic acids is 3. The van der Waals surface area contributed by atoms with Gasteiger partial charge in [0.25, 0.3) is 5.91 Å². The molecule has 9 nitrogen and oxygen atoms in total. The van der Waals surface area contributed by atoms with Crippen LogP contribution < -0.4 is 10.6 Å². The number of ether oxygens (including phenoxy) is 1. The largest absolute Gasteiger partial charge is 0.452 e. The summed E-state index contributed by atoms with van der Waals surface area (Å²) in [6.07, 6.45) is 3.62. The van der Waals surface area contributed by atoms with E-state index in [0.29, 0.717) is 19.6 Å². The second-order valence-corrected chi connectivity index (χ2v) is 8.59. The number of nitrogens with zero attached hydrogens (tertiary/aromatic N) is 1. The Kier molecular flexibility index (Phi) is 8.59. The molecule has 0 radical (unpaired) electrons. The van der Waals surface area contributed by atoms with Crippen molar-refractivity contribution < 1.29 is 27.5 Å². The van der Waals surface area contributed by atoms with Gasteiger partial charge in [0, 0.05) is 19.6 Å². The summed E-state index contributed by atoms with van der Waals surface area (Å²) in [7, 11) is -3.69. The fraction of sp³-hybridized carbons (Fsp3) is 0.526. The van der Waals surface area contributed by atoms with Gasteiger partial charge in [-0.15, -0.1) is 0 Å². The molecule has 1 saturated heterocycles. The van der Waals surface area contributed by atoms with Gasteiger partial charge in [0.1, 0.15) is 0 Å². The molecule has 0 aliphatic carbocycles. The Hall–Kier alpha value is -2.46. The second-order valence-electron chi connectivity index (χ2n) is 6.65. The Labute approximate surface area is 170 Å². The zero-order valence-electron chi connectivity index (χ0n) is 16.5. The molecule has 1 aromatic rings. The minimum atomic E-state index is -3.69. The minimum Gasteiger partial charge on any atom is -0.452 e. The van der Waals surface area contributed by atoms with Gasteiger partial charge in [-0.1, -0.05) is 18.9 Å². The molecule has 0 aromatic heterocycles. The third kappa shape index (κ3) is 6.82. The first-order chi connectivity index (χ1) is 13.8. The van der Waals surface area contributed by atoms with Crippen LogP contribution in [-0.4, -0.2) is 63.3 Å². The van der Waals surface area contributed by atoms with Crippen LogP contribution in [0.25, 0.3) is 0 Å². The van der Waals surface area contributed by atoms with Crippen LogP contribution in [-0.2, 0) is 24.3 Å². The topological polar surface area (TPSA) is 122 Å². The summed E-state index contributed by atoms with van der Waals surface area (Å²) < 4.78 is 32.1. The van der Waals surface area contributed by atoms with E-state index >= 15 is 0 Å². The molecule has 29 heavy (non-hydrogen) atoms. The molecule has 0 saturated carbocycles. The van der Waals surface area contributed by atoms with Gasteiger partial charge < -0.3 is 15.4 Å². The van der Waals surface area contributed by atoms with E-state index in [-0.39, 0.29) is 22.9 Å². The number of nitrogens with one attached hydrogen (secondary N) is 2. The first-order valence-corrected chi connectivity index (χ1v) is 11.1. The first kappa shape index (κ1) is 22.8. The predicted octanol–water partition coefficient (Wildman–Crippen LogP) is 0.660. The Balaban J connectivity index is 1.96. The highest BCUT2D eigenvalue weighted by Crippen LogP contribution is 2.21. The number of hydrogen-bond donors (Lipinski definition) is 2. The fourth-order valence-corrected chi connectivity index (χ4v) is 4.48. The lowest BCUT2D eigenvalue weighted by Gasteiger charge is -2.20. The Morgan fingerprint density at radius 3 is 2.38 bits per heavy atom. The summed E-state index contributed by atoms with van der Waals surface area (Å²) in [6.45, 7) is 2.34. The maximum Gasteiger partial charge on any atom is 0.338 e. The molecule has 0 unspecified atom stereocenters. The van der Waals surface area contributed by atoms with Gasteiger partial charge in [0.05, 0.1) is 17.0 Å². The van der Waals surface area contributed by atoms with Gasteiger partial charge in [-0.25, -0.2) is 13.2 Å². The smallest absolute Gasteiger partial charge is 0.338 e. The lowest BCUT2D eigenvalue weighted by Crippen LogP contribution is -2.38. The van der Waals surface area contributed by atoms with Crippen LogP contribution >= 0.6 is 0 Å². The highest BCUT2D eigenvalue weighted by molar-refractivity contribution is 7.89. The van der Waals surface area contributed by atoms with Crippen molar-refractivity contribution in [2.75, 3.05) is 32.8 Å².